The Morgan fingerprint density at radius 3 is 2.64 bits per heavy atom. The van der Waals surface area contributed by atoms with Crippen LogP contribution in [0.2, 0.25) is 0 Å². The molecule has 2 saturated carbocycles. The van der Waals surface area contributed by atoms with Crippen molar-refractivity contribution in [1.82, 2.24) is 0 Å². The average molecular weight is 150 g/mol. The zero-order chi connectivity index (χ0) is 7.84. The zero-order valence-electron chi connectivity index (χ0n) is 6.66. The number of aliphatic hydroxyl groups excluding tert-OH is 1. The maximum atomic E-state index is 9.19. The standard InChI is InChI=1S/C10H14O/c1-2-7(11)6-10-8-4-3-5-9(8)10/h1,7-11H,3-6H2. The first-order valence-corrected chi connectivity index (χ1v) is 4.47. The number of fused-ring (bicyclic) bond motifs is 1. The molecule has 3 unspecified atom stereocenters. The van der Waals surface area contributed by atoms with E-state index < -0.39 is 6.10 Å². The molecule has 2 aliphatic rings. The van der Waals surface area contributed by atoms with Crippen LogP contribution in [0.3, 0.4) is 0 Å². The first-order valence-electron chi connectivity index (χ1n) is 4.47. The lowest BCUT2D eigenvalue weighted by atomic mass is 10.1. The Bertz CT molecular complexity index is 182. The van der Waals surface area contributed by atoms with Crippen molar-refractivity contribution in [2.75, 3.05) is 0 Å². The summed E-state index contributed by atoms with van der Waals surface area (Å²) in [7, 11) is 0. The molecule has 0 aromatic carbocycles. The van der Waals surface area contributed by atoms with E-state index in [0.29, 0.717) is 0 Å². The molecule has 60 valence electrons. The molecular formula is C10H14O. The minimum absolute atomic E-state index is 0.481. The van der Waals surface area contributed by atoms with Crippen LogP contribution in [0.5, 0.6) is 0 Å². The molecule has 3 atom stereocenters. The second-order valence-corrected chi connectivity index (χ2v) is 3.84. The predicted molar refractivity (Wildman–Crippen MR) is 43.8 cm³/mol. The third kappa shape index (κ3) is 1.16. The van der Waals surface area contributed by atoms with Crippen LogP contribution in [0, 0.1) is 30.1 Å². The van der Waals surface area contributed by atoms with Crippen LogP contribution >= 0.6 is 0 Å². The monoisotopic (exact) mass is 150 g/mol. The summed E-state index contributed by atoms with van der Waals surface area (Å²) in [6.07, 6.45) is 9.63. The Balaban J connectivity index is 1.80. The van der Waals surface area contributed by atoms with E-state index in [1.165, 1.54) is 19.3 Å². The van der Waals surface area contributed by atoms with Crippen molar-refractivity contribution in [2.45, 2.75) is 31.8 Å². The Morgan fingerprint density at radius 2 is 2.09 bits per heavy atom. The predicted octanol–water partition coefficient (Wildman–Crippen LogP) is 1.42. The fourth-order valence-electron chi connectivity index (χ4n) is 2.65. The van der Waals surface area contributed by atoms with E-state index in [9.17, 15) is 5.11 Å². The first-order chi connectivity index (χ1) is 5.33. The largest absolute Gasteiger partial charge is 0.380 e. The summed E-state index contributed by atoms with van der Waals surface area (Å²) in [5.74, 6) is 5.01. The Labute approximate surface area is 67.8 Å². The minimum atomic E-state index is -0.481. The molecule has 0 aromatic rings. The summed E-state index contributed by atoms with van der Waals surface area (Å²) in [4.78, 5) is 0. The van der Waals surface area contributed by atoms with Crippen molar-refractivity contribution in [3.63, 3.8) is 0 Å². The van der Waals surface area contributed by atoms with Crippen LogP contribution in [0.1, 0.15) is 25.7 Å². The van der Waals surface area contributed by atoms with Crippen molar-refractivity contribution in [1.29, 1.82) is 0 Å². The molecule has 0 aromatic heterocycles. The fourth-order valence-corrected chi connectivity index (χ4v) is 2.65. The van der Waals surface area contributed by atoms with Gasteiger partial charge in [0.05, 0.1) is 0 Å². The summed E-state index contributed by atoms with van der Waals surface area (Å²) < 4.78 is 0. The molecule has 1 N–H and O–H groups in total. The van der Waals surface area contributed by atoms with Gasteiger partial charge in [-0.25, -0.2) is 0 Å². The number of hydrogen-bond donors (Lipinski definition) is 1. The zero-order valence-corrected chi connectivity index (χ0v) is 6.66. The topological polar surface area (TPSA) is 20.2 Å². The first kappa shape index (κ1) is 7.18. The summed E-state index contributed by atoms with van der Waals surface area (Å²) in [5.41, 5.74) is 0. The van der Waals surface area contributed by atoms with Crippen molar-refractivity contribution in [3.8, 4) is 12.3 Å². The highest BCUT2D eigenvalue weighted by Gasteiger charge is 2.52. The lowest BCUT2D eigenvalue weighted by Gasteiger charge is -2.03. The van der Waals surface area contributed by atoms with E-state index in [-0.39, 0.29) is 0 Å². The van der Waals surface area contributed by atoms with Gasteiger partial charge in [-0.2, -0.15) is 0 Å². The highest BCUT2D eigenvalue weighted by Crippen LogP contribution is 2.59. The molecule has 1 heteroatoms. The van der Waals surface area contributed by atoms with E-state index in [1.54, 1.807) is 0 Å². The fraction of sp³-hybridized carbons (Fsp3) is 0.800. The summed E-state index contributed by atoms with van der Waals surface area (Å²) in [5, 5.41) is 9.19. The molecular weight excluding hydrogens is 136 g/mol. The van der Waals surface area contributed by atoms with Gasteiger partial charge in [0.25, 0.3) is 0 Å². The quantitative estimate of drug-likeness (QED) is 0.590. The van der Waals surface area contributed by atoms with Crippen LogP contribution in [0.4, 0.5) is 0 Å². The van der Waals surface area contributed by atoms with Crippen molar-refractivity contribution in [2.24, 2.45) is 17.8 Å². The number of aliphatic hydroxyl groups is 1. The van der Waals surface area contributed by atoms with Gasteiger partial charge in [-0.3, -0.25) is 0 Å². The smallest absolute Gasteiger partial charge is 0.114 e. The highest BCUT2D eigenvalue weighted by atomic mass is 16.3. The van der Waals surface area contributed by atoms with Crippen LogP contribution < -0.4 is 0 Å². The minimum Gasteiger partial charge on any atom is -0.380 e. The molecule has 0 spiro atoms. The van der Waals surface area contributed by atoms with Crippen LogP contribution in [-0.2, 0) is 0 Å². The van der Waals surface area contributed by atoms with Crippen molar-refractivity contribution >= 4 is 0 Å². The van der Waals surface area contributed by atoms with Gasteiger partial charge in [0, 0.05) is 0 Å². The second kappa shape index (κ2) is 2.53. The number of hydrogen-bond acceptors (Lipinski definition) is 1. The maximum Gasteiger partial charge on any atom is 0.114 e. The van der Waals surface area contributed by atoms with Crippen molar-refractivity contribution < 1.29 is 5.11 Å². The second-order valence-electron chi connectivity index (χ2n) is 3.84. The molecule has 0 amide bonds. The molecule has 11 heavy (non-hydrogen) atoms. The molecule has 0 aliphatic heterocycles. The van der Waals surface area contributed by atoms with Gasteiger partial charge >= 0.3 is 0 Å². The summed E-state index contributed by atoms with van der Waals surface area (Å²) in [6.45, 7) is 0. The molecule has 0 radical (unpaired) electrons. The third-order valence-corrected chi connectivity index (χ3v) is 3.27. The third-order valence-electron chi connectivity index (χ3n) is 3.27. The molecule has 0 heterocycles. The Kier molecular flexibility index (Phi) is 1.65. The Morgan fingerprint density at radius 1 is 1.45 bits per heavy atom. The molecule has 2 aliphatic carbocycles. The van der Waals surface area contributed by atoms with Gasteiger partial charge < -0.3 is 5.11 Å². The van der Waals surface area contributed by atoms with E-state index in [1.807, 2.05) is 0 Å². The maximum absolute atomic E-state index is 9.19. The van der Waals surface area contributed by atoms with Gasteiger partial charge in [-0.1, -0.05) is 12.3 Å². The molecule has 0 saturated heterocycles. The SMILES string of the molecule is C#CC(O)CC1C2CCCC21. The number of rotatable bonds is 2. The molecule has 2 rings (SSSR count). The molecule has 2 fully saturated rings. The van der Waals surface area contributed by atoms with Gasteiger partial charge in [0.2, 0.25) is 0 Å². The van der Waals surface area contributed by atoms with E-state index in [0.717, 1.165) is 24.2 Å². The average Bonchev–Trinajstić information content (AvgIpc) is 2.52. The van der Waals surface area contributed by atoms with Crippen molar-refractivity contribution in [3.05, 3.63) is 0 Å². The van der Waals surface area contributed by atoms with Gasteiger partial charge in [0.1, 0.15) is 6.10 Å². The lowest BCUT2D eigenvalue weighted by molar-refractivity contribution is 0.207. The van der Waals surface area contributed by atoms with E-state index in [2.05, 4.69) is 5.92 Å². The molecule has 1 nitrogen and oxygen atoms in total. The number of terminal acetylenes is 1. The highest BCUT2D eigenvalue weighted by molar-refractivity contribution is 5.05. The van der Waals surface area contributed by atoms with Gasteiger partial charge in [-0.05, 0) is 37.0 Å². The lowest BCUT2D eigenvalue weighted by Crippen LogP contribution is -2.05. The summed E-state index contributed by atoms with van der Waals surface area (Å²) >= 11 is 0. The summed E-state index contributed by atoms with van der Waals surface area (Å²) in [6, 6.07) is 0. The van der Waals surface area contributed by atoms with Gasteiger partial charge in [0.15, 0.2) is 0 Å². The van der Waals surface area contributed by atoms with Crippen LogP contribution in [0.25, 0.3) is 0 Å². The Hall–Kier alpha value is -0.480. The van der Waals surface area contributed by atoms with Gasteiger partial charge in [-0.15, -0.1) is 6.42 Å². The van der Waals surface area contributed by atoms with Crippen LogP contribution in [-0.4, -0.2) is 11.2 Å². The van der Waals surface area contributed by atoms with E-state index in [4.69, 9.17) is 6.42 Å². The normalized spacial score (nSPS) is 42.7. The van der Waals surface area contributed by atoms with E-state index >= 15 is 0 Å². The van der Waals surface area contributed by atoms with Crippen LogP contribution in [0.15, 0.2) is 0 Å². The molecule has 0 bridgehead atoms.